The summed E-state index contributed by atoms with van der Waals surface area (Å²) in [6.07, 6.45) is 3.69. The second kappa shape index (κ2) is 4.49. The standard InChI is InChI=1S/C12H17N3OS/c1-7(2)10-6-14-12(17)15(10)9(4)11-13-5-8(3)16-11/h5-7,9H,1-4H3,(H,14,17). The Morgan fingerprint density at radius 2 is 2.12 bits per heavy atom. The first-order chi connectivity index (χ1) is 8.00. The topological polar surface area (TPSA) is 46.8 Å². The van der Waals surface area contributed by atoms with Gasteiger partial charge in [-0.2, -0.15) is 0 Å². The van der Waals surface area contributed by atoms with Gasteiger partial charge in [-0.3, -0.25) is 0 Å². The van der Waals surface area contributed by atoms with E-state index >= 15 is 0 Å². The third-order valence-corrected chi connectivity index (χ3v) is 3.13. The Balaban J connectivity index is 2.46. The van der Waals surface area contributed by atoms with Gasteiger partial charge < -0.3 is 14.0 Å². The predicted octanol–water partition coefficient (Wildman–Crippen LogP) is 3.57. The van der Waals surface area contributed by atoms with Crippen molar-refractivity contribution in [2.45, 2.75) is 39.7 Å². The minimum atomic E-state index is 0.0137. The first kappa shape index (κ1) is 12.1. The Hall–Kier alpha value is -1.36. The molecule has 0 aliphatic rings. The van der Waals surface area contributed by atoms with Crippen molar-refractivity contribution in [1.29, 1.82) is 0 Å². The van der Waals surface area contributed by atoms with Gasteiger partial charge in [-0.15, -0.1) is 0 Å². The number of nitrogens with one attached hydrogen (secondary N) is 1. The monoisotopic (exact) mass is 251 g/mol. The molecule has 92 valence electrons. The number of rotatable bonds is 3. The molecule has 2 aromatic heterocycles. The molecule has 0 amide bonds. The van der Waals surface area contributed by atoms with Crippen LogP contribution in [0.4, 0.5) is 0 Å². The van der Waals surface area contributed by atoms with Gasteiger partial charge >= 0.3 is 0 Å². The fourth-order valence-electron chi connectivity index (χ4n) is 1.91. The maximum Gasteiger partial charge on any atom is 0.217 e. The average molecular weight is 251 g/mol. The quantitative estimate of drug-likeness (QED) is 0.848. The lowest BCUT2D eigenvalue weighted by molar-refractivity contribution is 0.406. The summed E-state index contributed by atoms with van der Waals surface area (Å²) in [4.78, 5) is 7.35. The lowest BCUT2D eigenvalue weighted by Crippen LogP contribution is -2.11. The summed E-state index contributed by atoms with van der Waals surface area (Å²) in [6, 6.07) is 0.0137. The van der Waals surface area contributed by atoms with Crippen LogP contribution in [-0.4, -0.2) is 14.5 Å². The van der Waals surface area contributed by atoms with Crippen molar-refractivity contribution in [3.63, 3.8) is 0 Å². The number of nitrogens with zero attached hydrogens (tertiary/aromatic N) is 2. The van der Waals surface area contributed by atoms with E-state index in [1.165, 1.54) is 5.69 Å². The number of H-pyrrole nitrogens is 1. The minimum absolute atomic E-state index is 0.0137. The summed E-state index contributed by atoms with van der Waals surface area (Å²) in [7, 11) is 0. The van der Waals surface area contributed by atoms with E-state index in [0.29, 0.717) is 16.6 Å². The summed E-state index contributed by atoms with van der Waals surface area (Å²) < 4.78 is 8.33. The van der Waals surface area contributed by atoms with Crippen molar-refractivity contribution in [2.75, 3.05) is 0 Å². The first-order valence-electron chi connectivity index (χ1n) is 5.73. The number of hydrogen-bond donors (Lipinski definition) is 1. The van der Waals surface area contributed by atoms with Crippen molar-refractivity contribution in [3.8, 4) is 0 Å². The molecule has 0 radical (unpaired) electrons. The lowest BCUT2D eigenvalue weighted by Gasteiger charge is -2.15. The molecule has 0 fully saturated rings. The van der Waals surface area contributed by atoms with Crippen molar-refractivity contribution in [1.82, 2.24) is 14.5 Å². The smallest absolute Gasteiger partial charge is 0.217 e. The van der Waals surface area contributed by atoms with Crippen LogP contribution in [0.15, 0.2) is 16.8 Å². The molecule has 2 heterocycles. The van der Waals surface area contributed by atoms with Crippen LogP contribution in [0.25, 0.3) is 0 Å². The van der Waals surface area contributed by atoms with E-state index in [9.17, 15) is 0 Å². The largest absolute Gasteiger partial charge is 0.444 e. The maximum absolute atomic E-state index is 5.57. The summed E-state index contributed by atoms with van der Waals surface area (Å²) >= 11 is 5.31. The molecular weight excluding hydrogens is 234 g/mol. The van der Waals surface area contributed by atoms with Gasteiger partial charge in [0, 0.05) is 11.9 Å². The maximum atomic E-state index is 5.57. The molecule has 1 atom stereocenters. The molecule has 0 aliphatic heterocycles. The highest BCUT2D eigenvalue weighted by atomic mass is 32.1. The molecule has 0 saturated heterocycles. The van der Waals surface area contributed by atoms with Gasteiger partial charge in [0.1, 0.15) is 11.8 Å². The lowest BCUT2D eigenvalue weighted by atomic mass is 10.1. The van der Waals surface area contributed by atoms with Gasteiger partial charge in [-0.25, -0.2) is 4.98 Å². The number of aryl methyl sites for hydroxylation is 1. The molecule has 0 saturated carbocycles. The molecular formula is C12H17N3OS. The summed E-state index contributed by atoms with van der Waals surface area (Å²) in [5.74, 6) is 1.92. The van der Waals surface area contributed by atoms with Crippen LogP contribution in [-0.2, 0) is 0 Å². The van der Waals surface area contributed by atoms with E-state index in [2.05, 4.69) is 28.4 Å². The van der Waals surface area contributed by atoms with Crippen molar-refractivity contribution in [3.05, 3.63) is 34.5 Å². The minimum Gasteiger partial charge on any atom is -0.444 e. The van der Waals surface area contributed by atoms with E-state index in [4.69, 9.17) is 16.6 Å². The van der Waals surface area contributed by atoms with Crippen LogP contribution in [0, 0.1) is 11.7 Å². The second-order valence-corrected chi connectivity index (χ2v) is 4.92. The highest BCUT2D eigenvalue weighted by Gasteiger charge is 2.18. The Bertz CT molecular complexity index is 564. The number of imidazole rings is 1. The molecule has 0 spiro atoms. The van der Waals surface area contributed by atoms with Crippen LogP contribution in [0.1, 0.15) is 50.1 Å². The van der Waals surface area contributed by atoms with Gasteiger partial charge in [0.25, 0.3) is 0 Å². The van der Waals surface area contributed by atoms with E-state index in [1.807, 2.05) is 20.0 Å². The van der Waals surface area contributed by atoms with Crippen LogP contribution < -0.4 is 0 Å². The molecule has 2 rings (SSSR count). The first-order valence-corrected chi connectivity index (χ1v) is 6.13. The SMILES string of the molecule is Cc1cnc(C(C)n2c(C(C)C)c[nH]c2=S)o1. The van der Waals surface area contributed by atoms with Gasteiger partial charge in [0.05, 0.1) is 6.20 Å². The van der Waals surface area contributed by atoms with Crippen LogP contribution in [0.5, 0.6) is 0 Å². The zero-order valence-electron chi connectivity index (χ0n) is 10.5. The van der Waals surface area contributed by atoms with Crippen molar-refractivity contribution >= 4 is 12.2 Å². The van der Waals surface area contributed by atoms with Gasteiger partial charge in [-0.05, 0) is 32.0 Å². The van der Waals surface area contributed by atoms with E-state index in [-0.39, 0.29) is 6.04 Å². The molecule has 1 N–H and O–H groups in total. The Morgan fingerprint density at radius 1 is 1.41 bits per heavy atom. The molecule has 2 aromatic rings. The number of oxazole rings is 1. The zero-order valence-corrected chi connectivity index (χ0v) is 11.3. The summed E-state index contributed by atoms with van der Waals surface area (Å²) in [5.41, 5.74) is 1.17. The number of aromatic amines is 1. The Morgan fingerprint density at radius 3 is 2.65 bits per heavy atom. The van der Waals surface area contributed by atoms with Gasteiger partial charge in [0.15, 0.2) is 4.77 Å². The highest BCUT2D eigenvalue weighted by Crippen LogP contribution is 2.24. The molecule has 0 aliphatic carbocycles. The average Bonchev–Trinajstić information content (AvgIpc) is 2.83. The Labute approximate surface area is 106 Å². The van der Waals surface area contributed by atoms with Gasteiger partial charge in [0.2, 0.25) is 5.89 Å². The molecule has 4 nitrogen and oxygen atoms in total. The third kappa shape index (κ3) is 2.20. The number of aromatic nitrogens is 3. The molecule has 17 heavy (non-hydrogen) atoms. The molecule has 0 aromatic carbocycles. The fourth-order valence-corrected chi connectivity index (χ4v) is 2.23. The van der Waals surface area contributed by atoms with Crippen molar-refractivity contribution < 1.29 is 4.42 Å². The fraction of sp³-hybridized carbons (Fsp3) is 0.500. The van der Waals surface area contributed by atoms with Crippen LogP contribution in [0.2, 0.25) is 0 Å². The van der Waals surface area contributed by atoms with Crippen molar-refractivity contribution in [2.24, 2.45) is 0 Å². The number of hydrogen-bond acceptors (Lipinski definition) is 3. The zero-order chi connectivity index (χ0) is 12.6. The van der Waals surface area contributed by atoms with Crippen LogP contribution in [0.3, 0.4) is 0 Å². The highest BCUT2D eigenvalue weighted by molar-refractivity contribution is 7.71. The second-order valence-electron chi connectivity index (χ2n) is 4.53. The third-order valence-electron chi connectivity index (χ3n) is 2.82. The Kier molecular flexibility index (Phi) is 3.19. The van der Waals surface area contributed by atoms with E-state index in [0.717, 1.165) is 5.76 Å². The van der Waals surface area contributed by atoms with Gasteiger partial charge in [-0.1, -0.05) is 13.8 Å². The normalized spacial score (nSPS) is 13.2. The van der Waals surface area contributed by atoms with Crippen LogP contribution >= 0.6 is 12.2 Å². The molecule has 5 heteroatoms. The molecule has 0 bridgehead atoms. The molecule has 1 unspecified atom stereocenters. The summed E-state index contributed by atoms with van der Waals surface area (Å²) in [5, 5.41) is 0. The van der Waals surface area contributed by atoms with E-state index in [1.54, 1.807) is 6.20 Å². The summed E-state index contributed by atoms with van der Waals surface area (Å²) in [6.45, 7) is 8.22. The van der Waals surface area contributed by atoms with E-state index < -0.39 is 0 Å². The predicted molar refractivity (Wildman–Crippen MR) is 68.8 cm³/mol.